The Bertz CT molecular complexity index is 665. The molecular formula is C13H9BrCl2N2O2. The summed E-state index contributed by atoms with van der Waals surface area (Å²) in [7, 11) is 0. The Morgan fingerprint density at radius 1 is 1.25 bits per heavy atom. The Kier molecular flexibility index (Phi) is 4.86. The second-order valence-electron chi connectivity index (χ2n) is 3.90. The predicted octanol–water partition coefficient (Wildman–Crippen LogP) is 4.46. The summed E-state index contributed by atoms with van der Waals surface area (Å²) in [4.78, 5) is 14.8. The second-order valence-corrected chi connectivity index (χ2v) is 5.51. The van der Waals surface area contributed by atoms with Crippen LogP contribution in [0.15, 0.2) is 34.8 Å². The summed E-state index contributed by atoms with van der Waals surface area (Å²) in [6.45, 7) is 0.346. The highest BCUT2D eigenvalue weighted by atomic mass is 79.9. The summed E-state index contributed by atoms with van der Waals surface area (Å²) in [5.41, 5.74) is 1.26. The Morgan fingerprint density at radius 2 is 2.00 bits per heavy atom. The van der Waals surface area contributed by atoms with Crippen LogP contribution in [0.1, 0.15) is 16.2 Å². The number of halogens is 3. The minimum Gasteiger partial charge on any atom is -0.477 e. The molecule has 2 aromatic rings. The molecule has 0 unspecified atom stereocenters. The molecule has 0 spiro atoms. The number of carbonyl (C=O) groups is 1. The monoisotopic (exact) mass is 374 g/mol. The van der Waals surface area contributed by atoms with Gasteiger partial charge in [-0.3, -0.25) is 0 Å². The number of nitrogens with one attached hydrogen (secondary N) is 1. The van der Waals surface area contributed by atoms with Crippen molar-refractivity contribution in [3.8, 4) is 0 Å². The van der Waals surface area contributed by atoms with E-state index in [1.54, 1.807) is 24.3 Å². The Labute approximate surface area is 133 Å². The molecule has 0 aliphatic heterocycles. The van der Waals surface area contributed by atoms with E-state index < -0.39 is 5.97 Å². The molecule has 1 aromatic heterocycles. The normalized spacial score (nSPS) is 10.3. The lowest BCUT2D eigenvalue weighted by molar-refractivity contribution is 0.0690. The van der Waals surface area contributed by atoms with E-state index in [-0.39, 0.29) is 5.69 Å². The minimum absolute atomic E-state index is 0.00392. The van der Waals surface area contributed by atoms with Crippen molar-refractivity contribution < 1.29 is 9.90 Å². The van der Waals surface area contributed by atoms with E-state index in [9.17, 15) is 4.79 Å². The fourth-order valence-electron chi connectivity index (χ4n) is 1.55. The standard InChI is InChI=1S/C13H9BrCl2N2O2/c14-8-4-5-9(12(16)11(8)15)17-6-7-2-1-3-10(18-7)13(19)20/h1-5,17H,6H2,(H,19,20). The summed E-state index contributed by atoms with van der Waals surface area (Å²) in [5.74, 6) is -1.06. The SMILES string of the molecule is O=C(O)c1cccc(CNc2ccc(Br)c(Cl)c2Cl)n1. The van der Waals surface area contributed by atoms with Crippen molar-refractivity contribution in [2.45, 2.75) is 6.54 Å². The van der Waals surface area contributed by atoms with Crippen LogP contribution in [-0.2, 0) is 6.54 Å². The zero-order valence-corrected chi connectivity index (χ0v) is 13.1. The minimum atomic E-state index is -1.06. The summed E-state index contributed by atoms with van der Waals surface area (Å²) < 4.78 is 0.709. The topological polar surface area (TPSA) is 62.2 Å². The van der Waals surface area contributed by atoms with Crippen LogP contribution in [0.3, 0.4) is 0 Å². The lowest BCUT2D eigenvalue weighted by atomic mass is 10.2. The zero-order valence-electron chi connectivity index (χ0n) is 10.0. The maximum Gasteiger partial charge on any atom is 0.354 e. The van der Waals surface area contributed by atoms with Crippen LogP contribution in [0.25, 0.3) is 0 Å². The molecule has 0 aliphatic rings. The van der Waals surface area contributed by atoms with Crippen molar-refractivity contribution in [2.24, 2.45) is 0 Å². The largest absolute Gasteiger partial charge is 0.477 e. The number of benzene rings is 1. The number of aromatic nitrogens is 1. The number of carboxylic acid groups (broad SMARTS) is 1. The van der Waals surface area contributed by atoms with E-state index in [0.29, 0.717) is 32.4 Å². The molecule has 104 valence electrons. The Balaban J connectivity index is 2.15. The first-order chi connectivity index (χ1) is 9.49. The lowest BCUT2D eigenvalue weighted by Crippen LogP contribution is -2.06. The van der Waals surface area contributed by atoms with Crippen molar-refractivity contribution in [3.05, 3.63) is 56.2 Å². The maximum absolute atomic E-state index is 10.8. The quantitative estimate of drug-likeness (QED) is 0.774. The van der Waals surface area contributed by atoms with Gasteiger partial charge in [-0.1, -0.05) is 29.3 Å². The van der Waals surface area contributed by atoms with Gasteiger partial charge in [-0.25, -0.2) is 9.78 Å². The number of anilines is 1. The first kappa shape index (κ1) is 15.1. The third-order valence-electron chi connectivity index (χ3n) is 2.52. The molecule has 2 N–H and O–H groups in total. The summed E-state index contributed by atoms with van der Waals surface area (Å²) >= 11 is 15.4. The van der Waals surface area contributed by atoms with Crippen LogP contribution in [-0.4, -0.2) is 16.1 Å². The molecule has 1 heterocycles. The number of pyridine rings is 1. The zero-order chi connectivity index (χ0) is 14.7. The number of rotatable bonds is 4. The first-order valence-electron chi connectivity index (χ1n) is 5.55. The molecule has 0 radical (unpaired) electrons. The summed E-state index contributed by atoms with van der Waals surface area (Å²) in [6.07, 6.45) is 0. The average molecular weight is 376 g/mol. The fraction of sp³-hybridized carbons (Fsp3) is 0.0769. The second kappa shape index (κ2) is 6.43. The van der Waals surface area contributed by atoms with Crippen molar-refractivity contribution in [2.75, 3.05) is 5.32 Å². The number of nitrogens with zero attached hydrogens (tertiary/aromatic N) is 1. The molecule has 4 nitrogen and oxygen atoms in total. The van der Waals surface area contributed by atoms with E-state index in [1.807, 2.05) is 0 Å². The van der Waals surface area contributed by atoms with Crippen molar-refractivity contribution in [1.29, 1.82) is 0 Å². The number of carboxylic acids is 1. The van der Waals surface area contributed by atoms with E-state index in [2.05, 4.69) is 26.2 Å². The van der Waals surface area contributed by atoms with Gasteiger partial charge in [-0.05, 0) is 40.2 Å². The van der Waals surface area contributed by atoms with Gasteiger partial charge in [-0.2, -0.15) is 0 Å². The van der Waals surface area contributed by atoms with Crippen LogP contribution in [0, 0.1) is 0 Å². The molecule has 7 heteroatoms. The molecule has 20 heavy (non-hydrogen) atoms. The van der Waals surface area contributed by atoms with Crippen LogP contribution in [0.2, 0.25) is 10.0 Å². The molecule has 0 amide bonds. The van der Waals surface area contributed by atoms with E-state index in [4.69, 9.17) is 28.3 Å². The predicted molar refractivity (Wildman–Crippen MR) is 82.7 cm³/mol. The van der Waals surface area contributed by atoms with Crippen LogP contribution >= 0.6 is 39.1 Å². The molecule has 0 saturated heterocycles. The van der Waals surface area contributed by atoms with E-state index in [0.717, 1.165) is 0 Å². The third kappa shape index (κ3) is 3.42. The molecule has 2 rings (SSSR count). The lowest BCUT2D eigenvalue weighted by Gasteiger charge is -2.10. The van der Waals surface area contributed by atoms with Gasteiger partial charge >= 0.3 is 5.97 Å². The highest BCUT2D eigenvalue weighted by Crippen LogP contribution is 2.35. The van der Waals surface area contributed by atoms with Crippen LogP contribution in [0.4, 0.5) is 5.69 Å². The van der Waals surface area contributed by atoms with Crippen molar-refractivity contribution in [3.63, 3.8) is 0 Å². The Morgan fingerprint density at radius 3 is 2.70 bits per heavy atom. The molecule has 1 aromatic carbocycles. The van der Waals surface area contributed by atoms with Gasteiger partial charge in [0.15, 0.2) is 0 Å². The van der Waals surface area contributed by atoms with E-state index in [1.165, 1.54) is 6.07 Å². The molecule has 0 saturated carbocycles. The van der Waals surface area contributed by atoms with Gasteiger partial charge in [0.25, 0.3) is 0 Å². The third-order valence-corrected chi connectivity index (χ3v) is 4.29. The molecule has 0 fully saturated rings. The summed E-state index contributed by atoms with van der Waals surface area (Å²) in [5, 5.41) is 12.8. The van der Waals surface area contributed by atoms with Crippen molar-refractivity contribution in [1.82, 2.24) is 4.98 Å². The molecule has 0 aliphatic carbocycles. The highest BCUT2D eigenvalue weighted by molar-refractivity contribution is 9.10. The first-order valence-corrected chi connectivity index (χ1v) is 7.10. The van der Waals surface area contributed by atoms with Gasteiger partial charge in [0.2, 0.25) is 0 Å². The molecular weight excluding hydrogens is 367 g/mol. The highest BCUT2D eigenvalue weighted by Gasteiger charge is 2.09. The van der Waals surface area contributed by atoms with Gasteiger partial charge in [-0.15, -0.1) is 0 Å². The number of aromatic carboxylic acids is 1. The van der Waals surface area contributed by atoms with Gasteiger partial charge in [0.1, 0.15) is 5.69 Å². The summed E-state index contributed by atoms with van der Waals surface area (Å²) in [6, 6.07) is 8.36. The fourth-order valence-corrected chi connectivity index (χ4v) is 2.39. The smallest absolute Gasteiger partial charge is 0.354 e. The van der Waals surface area contributed by atoms with Gasteiger partial charge in [0, 0.05) is 4.47 Å². The van der Waals surface area contributed by atoms with Crippen LogP contribution < -0.4 is 5.32 Å². The number of hydrogen-bond acceptors (Lipinski definition) is 3. The van der Waals surface area contributed by atoms with Crippen molar-refractivity contribution >= 4 is 50.8 Å². The molecule has 0 atom stereocenters. The Hall–Kier alpha value is -1.30. The van der Waals surface area contributed by atoms with Gasteiger partial charge < -0.3 is 10.4 Å². The van der Waals surface area contributed by atoms with Crippen LogP contribution in [0.5, 0.6) is 0 Å². The number of hydrogen-bond donors (Lipinski definition) is 2. The van der Waals surface area contributed by atoms with E-state index >= 15 is 0 Å². The van der Waals surface area contributed by atoms with Gasteiger partial charge in [0.05, 0.1) is 28.0 Å². The maximum atomic E-state index is 10.8. The average Bonchev–Trinajstić information content (AvgIpc) is 2.44. The molecule has 0 bridgehead atoms.